The van der Waals surface area contributed by atoms with Crippen molar-refractivity contribution in [2.24, 2.45) is 5.73 Å². The van der Waals surface area contributed by atoms with Crippen molar-refractivity contribution in [1.82, 2.24) is 4.98 Å². The maximum absolute atomic E-state index is 12.5. The van der Waals surface area contributed by atoms with Gasteiger partial charge in [0.2, 0.25) is 0 Å². The number of nitrogens with one attached hydrogen (secondary N) is 1. The third kappa shape index (κ3) is 4.06. The molecule has 3 N–H and O–H groups in total. The number of amides is 1. The maximum Gasteiger partial charge on any atom is 0.416 e. The Labute approximate surface area is 146 Å². The molecule has 0 unspecified atom stereocenters. The maximum atomic E-state index is 12.5. The number of carbonyl (C=O) groups is 1. The van der Waals surface area contributed by atoms with Crippen molar-refractivity contribution in [3.05, 3.63) is 46.0 Å². The van der Waals surface area contributed by atoms with Gasteiger partial charge in [0.1, 0.15) is 0 Å². The second-order valence-corrected chi connectivity index (χ2v) is 6.50. The Morgan fingerprint density at radius 2 is 1.96 bits per heavy atom. The molecule has 0 spiro atoms. The Hall–Kier alpha value is -1.64. The first-order valence-corrected chi connectivity index (χ1v) is 7.87. The molecule has 1 amide bonds. The molecule has 4 nitrogen and oxygen atoms in total. The van der Waals surface area contributed by atoms with Gasteiger partial charge in [0, 0.05) is 16.5 Å². The quantitative estimate of drug-likeness (QED) is 0.839. The number of hydrogen-bond acceptors (Lipinski definition) is 4. The van der Waals surface area contributed by atoms with Crippen molar-refractivity contribution in [1.29, 1.82) is 0 Å². The summed E-state index contributed by atoms with van der Waals surface area (Å²) < 4.78 is 37.5. The van der Waals surface area contributed by atoms with Gasteiger partial charge in [-0.2, -0.15) is 13.2 Å². The average molecular weight is 378 g/mol. The van der Waals surface area contributed by atoms with E-state index in [1.54, 1.807) is 0 Å². The van der Waals surface area contributed by atoms with Crippen LogP contribution in [0.5, 0.6) is 0 Å². The number of aryl methyl sites for hydroxylation is 1. The summed E-state index contributed by atoms with van der Waals surface area (Å²) in [6.07, 6.45) is -2.03. The molecule has 0 bridgehead atoms. The largest absolute Gasteiger partial charge is 0.416 e. The lowest BCUT2D eigenvalue weighted by Gasteiger charge is -2.15. The first kappa shape index (κ1) is 18.7. The highest BCUT2D eigenvalue weighted by molar-refractivity contribution is 7.15. The molecule has 9 heteroatoms. The number of thiazole rings is 1. The van der Waals surface area contributed by atoms with Crippen molar-refractivity contribution in [3.8, 4) is 0 Å². The summed E-state index contributed by atoms with van der Waals surface area (Å²) in [5.41, 5.74) is 6.21. The van der Waals surface area contributed by atoms with Crippen LogP contribution in [0.3, 0.4) is 0 Å². The summed E-state index contributed by atoms with van der Waals surface area (Å²) in [7, 11) is 0. The molecule has 0 saturated heterocycles. The lowest BCUT2D eigenvalue weighted by Crippen LogP contribution is -2.27. The molecule has 1 aliphatic rings. The standard InChI is InChI=1S/C15H14F3N3OS.ClH/c16-15(17,18)9-3-1-8(2-4-9)13(22)21-14-20-11-6-5-10(19)7-12(11)23-14;/h1-4,10H,5-7,19H2,(H,20,21,22);1H/t10-;/m0./s1. The van der Waals surface area contributed by atoms with Crippen LogP contribution in [0.25, 0.3) is 0 Å². The van der Waals surface area contributed by atoms with Crippen LogP contribution in [0.1, 0.15) is 32.9 Å². The number of nitrogens with zero attached hydrogens (tertiary/aromatic N) is 1. The molecule has 24 heavy (non-hydrogen) atoms. The third-order valence-corrected chi connectivity index (χ3v) is 4.71. The number of hydrogen-bond donors (Lipinski definition) is 2. The molecule has 0 saturated carbocycles. The van der Waals surface area contributed by atoms with Gasteiger partial charge in [0.25, 0.3) is 5.91 Å². The van der Waals surface area contributed by atoms with E-state index in [4.69, 9.17) is 5.73 Å². The van der Waals surface area contributed by atoms with Crippen molar-refractivity contribution < 1.29 is 18.0 Å². The fraction of sp³-hybridized carbons (Fsp3) is 0.333. The van der Waals surface area contributed by atoms with Gasteiger partial charge >= 0.3 is 6.18 Å². The predicted octanol–water partition coefficient (Wildman–Crippen LogP) is 3.65. The fourth-order valence-electron chi connectivity index (χ4n) is 2.43. The van der Waals surface area contributed by atoms with Crippen LogP contribution in [-0.2, 0) is 19.0 Å². The molecule has 1 aromatic heterocycles. The van der Waals surface area contributed by atoms with Gasteiger partial charge in [-0.3, -0.25) is 10.1 Å². The van der Waals surface area contributed by atoms with E-state index in [-0.39, 0.29) is 24.0 Å². The molecule has 3 rings (SSSR count). The molecule has 1 atom stereocenters. The Morgan fingerprint density at radius 1 is 1.29 bits per heavy atom. The monoisotopic (exact) mass is 377 g/mol. The minimum atomic E-state index is -4.41. The number of benzene rings is 1. The molecular formula is C15H15ClF3N3OS. The fourth-order valence-corrected chi connectivity index (χ4v) is 3.53. The minimum Gasteiger partial charge on any atom is -0.327 e. The van der Waals surface area contributed by atoms with Gasteiger partial charge in [-0.25, -0.2) is 4.98 Å². The molecule has 1 aliphatic carbocycles. The zero-order valence-electron chi connectivity index (χ0n) is 12.4. The number of aromatic nitrogens is 1. The highest BCUT2D eigenvalue weighted by Crippen LogP contribution is 2.31. The highest BCUT2D eigenvalue weighted by Gasteiger charge is 2.30. The molecule has 0 fully saturated rings. The Bertz CT molecular complexity index is 731. The van der Waals surface area contributed by atoms with Gasteiger partial charge in [-0.1, -0.05) is 0 Å². The molecule has 2 aromatic rings. The molecule has 1 aromatic carbocycles. The van der Waals surface area contributed by atoms with E-state index in [9.17, 15) is 18.0 Å². The predicted molar refractivity (Wildman–Crippen MR) is 88.8 cm³/mol. The van der Waals surface area contributed by atoms with Crippen LogP contribution in [0, 0.1) is 0 Å². The average Bonchev–Trinajstić information content (AvgIpc) is 2.87. The molecule has 0 aliphatic heterocycles. The molecule has 1 heterocycles. The Kier molecular flexibility index (Phi) is 5.52. The van der Waals surface area contributed by atoms with Crippen LogP contribution < -0.4 is 11.1 Å². The number of anilines is 1. The zero-order valence-corrected chi connectivity index (χ0v) is 14.0. The highest BCUT2D eigenvalue weighted by atomic mass is 35.5. The summed E-state index contributed by atoms with van der Waals surface area (Å²) in [5, 5.41) is 3.09. The van der Waals surface area contributed by atoms with Crippen molar-refractivity contribution in [2.45, 2.75) is 31.5 Å². The summed E-state index contributed by atoms with van der Waals surface area (Å²) in [6.45, 7) is 0. The van der Waals surface area contributed by atoms with E-state index in [0.29, 0.717) is 5.13 Å². The van der Waals surface area contributed by atoms with Crippen LogP contribution in [0.2, 0.25) is 0 Å². The second-order valence-electron chi connectivity index (χ2n) is 5.42. The van der Waals surface area contributed by atoms with Gasteiger partial charge in [0.15, 0.2) is 5.13 Å². The van der Waals surface area contributed by atoms with Crippen LogP contribution in [0.15, 0.2) is 24.3 Å². The van der Waals surface area contributed by atoms with Gasteiger partial charge in [0.05, 0.1) is 11.3 Å². The Balaban J connectivity index is 0.00000208. The number of nitrogens with two attached hydrogens (primary N) is 1. The van der Waals surface area contributed by atoms with E-state index in [0.717, 1.165) is 54.1 Å². The van der Waals surface area contributed by atoms with E-state index in [1.165, 1.54) is 11.3 Å². The molecular weight excluding hydrogens is 363 g/mol. The van der Waals surface area contributed by atoms with E-state index in [1.807, 2.05) is 0 Å². The lowest BCUT2D eigenvalue weighted by molar-refractivity contribution is -0.137. The zero-order chi connectivity index (χ0) is 16.6. The Morgan fingerprint density at radius 3 is 2.58 bits per heavy atom. The van der Waals surface area contributed by atoms with Crippen LogP contribution >= 0.6 is 23.7 Å². The number of rotatable bonds is 2. The summed E-state index contributed by atoms with van der Waals surface area (Å²) >= 11 is 1.37. The summed E-state index contributed by atoms with van der Waals surface area (Å²) in [6, 6.07) is 4.20. The SMILES string of the molecule is Cl.N[C@H]1CCc2nc(NC(=O)c3ccc(C(F)(F)F)cc3)sc2C1. The first-order valence-electron chi connectivity index (χ1n) is 7.05. The summed E-state index contributed by atoms with van der Waals surface area (Å²) in [5.74, 6) is -0.478. The van der Waals surface area contributed by atoms with Crippen LogP contribution in [0.4, 0.5) is 18.3 Å². The van der Waals surface area contributed by atoms with Crippen molar-refractivity contribution in [2.75, 3.05) is 5.32 Å². The van der Waals surface area contributed by atoms with Crippen molar-refractivity contribution in [3.63, 3.8) is 0 Å². The van der Waals surface area contributed by atoms with Crippen LogP contribution in [-0.4, -0.2) is 16.9 Å². The number of carbonyl (C=O) groups excluding carboxylic acids is 1. The topological polar surface area (TPSA) is 68.0 Å². The third-order valence-electron chi connectivity index (χ3n) is 3.67. The van der Waals surface area contributed by atoms with Crippen molar-refractivity contribution >= 4 is 34.8 Å². The second kappa shape index (κ2) is 7.08. The lowest BCUT2D eigenvalue weighted by atomic mass is 9.99. The number of fused-ring (bicyclic) bond motifs is 1. The smallest absolute Gasteiger partial charge is 0.327 e. The number of halogens is 4. The normalized spacial score (nSPS) is 16.9. The van der Waals surface area contributed by atoms with E-state index < -0.39 is 17.6 Å². The van der Waals surface area contributed by atoms with Gasteiger partial charge < -0.3 is 5.73 Å². The van der Waals surface area contributed by atoms with E-state index in [2.05, 4.69) is 10.3 Å². The molecule has 130 valence electrons. The van der Waals surface area contributed by atoms with Gasteiger partial charge in [-0.05, 0) is 43.5 Å². The molecule has 0 radical (unpaired) electrons. The number of alkyl halides is 3. The first-order chi connectivity index (χ1) is 10.8. The van der Waals surface area contributed by atoms with Gasteiger partial charge in [-0.15, -0.1) is 23.7 Å². The van der Waals surface area contributed by atoms with E-state index >= 15 is 0 Å². The summed E-state index contributed by atoms with van der Waals surface area (Å²) in [4.78, 5) is 17.5. The minimum absolute atomic E-state index is 0.